The van der Waals surface area contributed by atoms with Gasteiger partial charge in [0.05, 0.1) is 17.9 Å². The van der Waals surface area contributed by atoms with Crippen LogP contribution in [0.4, 0.5) is 13.9 Å². The molecule has 2 amide bonds. The van der Waals surface area contributed by atoms with E-state index in [1.807, 2.05) is 31.5 Å². The van der Waals surface area contributed by atoms with Crippen molar-refractivity contribution >= 4 is 40.1 Å². The normalized spacial score (nSPS) is 17.1. The molecule has 40 heavy (non-hydrogen) atoms. The number of halogens is 2. The van der Waals surface area contributed by atoms with E-state index in [9.17, 15) is 23.2 Å². The number of hydrogen-bond donors (Lipinski definition) is 2. The Morgan fingerprint density at radius 2 is 2.02 bits per heavy atom. The summed E-state index contributed by atoms with van der Waals surface area (Å²) < 4.78 is 33.4. The van der Waals surface area contributed by atoms with Gasteiger partial charge in [0.25, 0.3) is 11.8 Å². The predicted octanol–water partition coefficient (Wildman–Crippen LogP) is 5.62. The molecular formula is C29H32F2N4O4S. The number of nitrogens with one attached hydrogen (secondary N) is 2. The number of allylic oxidation sites excluding steroid dienone is 1. The number of thiazole rings is 1. The number of nitrogens with zero attached hydrogens (tertiary/aromatic N) is 2. The Labute approximate surface area is 235 Å². The largest absolute Gasteiger partial charge is 0.382 e. The number of Topliss-reactive ketones (excluding diaryl/α,β-unsaturated/α-hetero) is 1. The van der Waals surface area contributed by atoms with Crippen LogP contribution in [-0.2, 0) is 15.1 Å². The molecule has 1 aromatic carbocycles. The summed E-state index contributed by atoms with van der Waals surface area (Å²) in [6, 6.07) is 5.90. The van der Waals surface area contributed by atoms with Crippen molar-refractivity contribution in [2.75, 3.05) is 19.0 Å². The van der Waals surface area contributed by atoms with E-state index in [1.165, 1.54) is 24.5 Å². The molecule has 0 fully saturated rings. The highest BCUT2D eigenvalue weighted by Gasteiger charge is 2.25. The maximum atomic E-state index is 13.2. The smallest absolute Gasteiger partial charge is 0.253 e. The molecule has 1 unspecified atom stereocenters. The number of carbonyl (C=O) groups is 3. The zero-order valence-corrected chi connectivity index (χ0v) is 23.6. The van der Waals surface area contributed by atoms with Gasteiger partial charge < -0.3 is 19.9 Å². The van der Waals surface area contributed by atoms with Gasteiger partial charge in [-0.1, -0.05) is 24.3 Å². The molecule has 2 aromatic heterocycles. The minimum absolute atomic E-state index is 0.0295. The van der Waals surface area contributed by atoms with Gasteiger partial charge in [0.15, 0.2) is 10.9 Å². The van der Waals surface area contributed by atoms with Crippen LogP contribution in [0.25, 0.3) is 17.3 Å². The summed E-state index contributed by atoms with van der Waals surface area (Å²) in [6.07, 6.45) is 4.17. The summed E-state index contributed by atoms with van der Waals surface area (Å²) in [5, 5.41) is 7.50. The summed E-state index contributed by atoms with van der Waals surface area (Å²) in [6.45, 7) is 6.02. The van der Waals surface area contributed by atoms with Crippen molar-refractivity contribution in [1.82, 2.24) is 14.9 Å². The monoisotopic (exact) mass is 570 g/mol. The van der Waals surface area contributed by atoms with Crippen LogP contribution < -0.4 is 10.6 Å². The maximum absolute atomic E-state index is 13.2. The molecule has 2 N–H and O–H groups in total. The van der Waals surface area contributed by atoms with Crippen LogP contribution in [-0.4, -0.2) is 53.3 Å². The Hall–Kier alpha value is -3.70. The van der Waals surface area contributed by atoms with E-state index >= 15 is 0 Å². The number of ether oxygens (including phenoxy) is 1. The number of alkyl halides is 2. The average molecular weight is 571 g/mol. The molecule has 4 rings (SSSR count). The summed E-state index contributed by atoms with van der Waals surface area (Å²) >= 11 is 1.20. The Morgan fingerprint density at radius 1 is 1.25 bits per heavy atom. The highest BCUT2D eigenvalue weighted by Crippen LogP contribution is 2.30. The summed E-state index contributed by atoms with van der Waals surface area (Å²) in [5.41, 5.74) is 2.47. The molecule has 2 heterocycles. The number of methoxy groups -OCH3 is 1. The second-order valence-corrected chi connectivity index (χ2v) is 11.5. The maximum Gasteiger partial charge on any atom is 0.253 e. The van der Waals surface area contributed by atoms with Gasteiger partial charge in [-0.25, -0.2) is 13.8 Å². The van der Waals surface area contributed by atoms with Gasteiger partial charge in [-0.05, 0) is 44.9 Å². The van der Waals surface area contributed by atoms with Crippen molar-refractivity contribution in [3.05, 3.63) is 64.8 Å². The standard InChI is InChI=1S/C29H32F2N4O4S/c1-29(2,3)35-12-11-20(14-35)26(37)32-22(15-39-4)27(38)34-28-33-23(16-40-28)19-8-6-17-5-7-18(25(30)31)9-10-24(36)21(17)13-19/h5-8,11-14,16,18,22,25H,9-10,15H2,1-4H3,(H,32,37)(H,33,34,38)/b7-5-/t18?,22-/m0/s1. The van der Waals surface area contributed by atoms with E-state index in [0.29, 0.717) is 33.1 Å². The van der Waals surface area contributed by atoms with E-state index in [-0.39, 0.29) is 30.8 Å². The molecule has 11 heteroatoms. The van der Waals surface area contributed by atoms with Crippen molar-refractivity contribution < 1.29 is 27.9 Å². The van der Waals surface area contributed by atoms with E-state index in [4.69, 9.17) is 4.74 Å². The highest BCUT2D eigenvalue weighted by atomic mass is 32.1. The molecule has 212 valence electrons. The van der Waals surface area contributed by atoms with E-state index in [2.05, 4.69) is 15.6 Å². The van der Waals surface area contributed by atoms with Gasteiger partial charge in [0, 0.05) is 53.9 Å². The molecule has 0 saturated carbocycles. The topological polar surface area (TPSA) is 102 Å². The fraction of sp³-hybridized carbons (Fsp3) is 0.379. The number of rotatable bonds is 8. The van der Waals surface area contributed by atoms with E-state index in [0.717, 1.165) is 0 Å². The first-order chi connectivity index (χ1) is 19.0. The van der Waals surface area contributed by atoms with Crippen LogP contribution in [0, 0.1) is 5.92 Å². The van der Waals surface area contributed by atoms with Gasteiger partial charge in [0.1, 0.15) is 6.04 Å². The number of aromatic nitrogens is 2. The Kier molecular flexibility index (Phi) is 8.95. The molecule has 0 radical (unpaired) electrons. The van der Waals surface area contributed by atoms with E-state index < -0.39 is 30.2 Å². The van der Waals surface area contributed by atoms with Crippen LogP contribution in [0.1, 0.15) is 59.9 Å². The van der Waals surface area contributed by atoms with Crippen molar-refractivity contribution in [3.63, 3.8) is 0 Å². The fourth-order valence-corrected chi connectivity index (χ4v) is 4.99. The lowest BCUT2D eigenvalue weighted by Crippen LogP contribution is -2.46. The van der Waals surface area contributed by atoms with Crippen molar-refractivity contribution in [2.24, 2.45) is 5.92 Å². The van der Waals surface area contributed by atoms with Gasteiger partial charge in [0.2, 0.25) is 6.43 Å². The first-order valence-corrected chi connectivity index (χ1v) is 13.7. The second-order valence-electron chi connectivity index (χ2n) is 10.6. The van der Waals surface area contributed by atoms with Gasteiger partial charge in [-0.15, -0.1) is 11.3 Å². The number of hydrogen-bond acceptors (Lipinski definition) is 6. The lowest BCUT2D eigenvalue weighted by Gasteiger charge is -2.21. The number of carbonyl (C=O) groups excluding carboxylic acids is 3. The molecular weight excluding hydrogens is 538 g/mol. The molecule has 0 bridgehead atoms. The van der Waals surface area contributed by atoms with Crippen LogP contribution >= 0.6 is 11.3 Å². The van der Waals surface area contributed by atoms with Crippen LogP contribution in [0.15, 0.2) is 48.1 Å². The minimum atomic E-state index is -2.51. The van der Waals surface area contributed by atoms with Gasteiger partial charge in [-0.2, -0.15) is 0 Å². The first-order valence-electron chi connectivity index (χ1n) is 12.8. The van der Waals surface area contributed by atoms with Crippen LogP contribution in [0.5, 0.6) is 0 Å². The molecule has 0 spiro atoms. The Bertz CT molecular complexity index is 1420. The SMILES string of the molecule is COC[C@H](NC(=O)c1ccn(C(C)(C)C)c1)C(=O)Nc1nc(-c2ccc3c(c2)C(=O)CCC(C(F)F)/C=C\3)cs1. The van der Waals surface area contributed by atoms with Crippen molar-refractivity contribution in [3.8, 4) is 11.3 Å². The van der Waals surface area contributed by atoms with Crippen LogP contribution in [0.3, 0.4) is 0 Å². The third kappa shape index (κ3) is 6.89. The Morgan fingerprint density at radius 3 is 2.70 bits per heavy atom. The number of benzene rings is 1. The van der Waals surface area contributed by atoms with E-state index in [1.54, 1.807) is 41.9 Å². The number of amides is 2. The minimum Gasteiger partial charge on any atom is -0.382 e. The molecule has 1 aliphatic rings. The zero-order chi connectivity index (χ0) is 29.0. The van der Waals surface area contributed by atoms with Gasteiger partial charge >= 0.3 is 0 Å². The van der Waals surface area contributed by atoms with Crippen molar-refractivity contribution in [2.45, 2.75) is 51.6 Å². The number of ketones is 1. The highest BCUT2D eigenvalue weighted by molar-refractivity contribution is 7.14. The zero-order valence-electron chi connectivity index (χ0n) is 22.7. The third-order valence-electron chi connectivity index (χ3n) is 6.62. The number of anilines is 1. The molecule has 8 nitrogen and oxygen atoms in total. The second kappa shape index (κ2) is 12.2. The number of fused-ring (bicyclic) bond motifs is 1. The molecule has 2 atom stereocenters. The lowest BCUT2D eigenvalue weighted by atomic mass is 9.90. The third-order valence-corrected chi connectivity index (χ3v) is 7.38. The predicted molar refractivity (Wildman–Crippen MR) is 151 cm³/mol. The average Bonchev–Trinajstić information content (AvgIpc) is 3.57. The molecule has 1 aliphatic carbocycles. The van der Waals surface area contributed by atoms with Gasteiger partial charge in [-0.3, -0.25) is 14.4 Å². The van der Waals surface area contributed by atoms with Crippen LogP contribution in [0.2, 0.25) is 0 Å². The first kappa shape index (κ1) is 29.3. The molecule has 3 aromatic rings. The lowest BCUT2D eigenvalue weighted by molar-refractivity contribution is -0.119. The summed E-state index contributed by atoms with van der Waals surface area (Å²) in [4.78, 5) is 43.0. The molecule has 0 aliphatic heterocycles. The molecule has 0 saturated heterocycles. The summed E-state index contributed by atoms with van der Waals surface area (Å²) in [5.74, 6) is -2.04. The summed E-state index contributed by atoms with van der Waals surface area (Å²) in [7, 11) is 1.44. The fourth-order valence-electron chi connectivity index (χ4n) is 4.26. The van der Waals surface area contributed by atoms with Crippen molar-refractivity contribution in [1.29, 1.82) is 0 Å². The quantitative estimate of drug-likeness (QED) is 0.366. The Balaban J connectivity index is 1.46.